The summed E-state index contributed by atoms with van der Waals surface area (Å²) in [6.07, 6.45) is 0. The van der Waals surface area contributed by atoms with Crippen LogP contribution in [0.3, 0.4) is 0 Å². The van der Waals surface area contributed by atoms with Crippen molar-refractivity contribution in [1.82, 2.24) is 9.55 Å². The second-order valence-electron chi connectivity index (χ2n) is 2.96. The van der Waals surface area contributed by atoms with E-state index in [4.69, 9.17) is 4.74 Å². The minimum atomic E-state index is -0.435. The van der Waals surface area contributed by atoms with E-state index in [1.165, 1.54) is 7.11 Å². The molecule has 0 aliphatic carbocycles. The SMILES string of the molecule is COc1[nH]c(=O)n(-c2ccccc2)c1O. The predicted molar refractivity (Wildman–Crippen MR) is 54.6 cm³/mol. The van der Waals surface area contributed by atoms with E-state index in [2.05, 4.69) is 4.98 Å². The number of H-pyrrole nitrogens is 1. The van der Waals surface area contributed by atoms with Gasteiger partial charge in [0, 0.05) is 0 Å². The van der Waals surface area contributed by atoms with Gasteiger partial charge in [0.15, 0.2) is 0 Å². The molecule has 0 saturated carbocycles. The lowest BCUT2D eigenvalue weighted by atomic mass is 10.3. The molecule has 0 atom stereocenters. The van der Waals surface area contributed by atoms with E-state index in [0.717, 1.165) is 4.57 Å². The van der Waals surface area contributed by atoms with Crippen molar-refractivity contribution in [2.45, 2.75) is 0 Å². The third kappa shape index (κ3) is 1.48. The topological polar surface area (TPSA) is 67.2 Å². The fraction of sp³-hybridized carbons (Fsp3) is 0.100. The van der Waals surface area contributed by atoms with Crippen LogP contribution in [0.15, 0.2) is 35.1 Å². The summed E-state index contributed by atoms with van der Waals surface area (Å²) in [7, 11) is 1.38. The Morgan fingerprint density at radius 1 is 1.33 bits per heavy atom. The van der Waals surface area contributed by atoms with E-state index >= 15 is 0 Å². The summed E-state index contributed by atoms with van der Waals surface area (Å²) >= 11 is 0. The van der Waals surface area contributed by atoms with E-state index in [1.54, 1.807) is 24.3 Å². The first-order valence-electron chi connectivity index (χ1n) is 4.37. The molecule has 15 heavy (non-hydrogen) atoms. The van der Waals surface area contributed by atoms with Gasteiger partial charge < -0.3 is 9.84 Å². The first kappa shape index (κ1) is 9.39. The Morgan fingerprint density at radius 2 is 2.00 bits per heavy atom. The number of imidazole rings is 1. The average Bonchev–Trinajstić information content (AvgIpc) is 2.55. The van der Waals surface area contributed by atoms with Gasteiger partial charge in [-0.05, 0) is 12.1 Å². The van der Waals surface area contributed by atoms with Gasteiger partial charge in [-0.15, -0.1) is 0 Å². The second-order valence-corrected chi connectivity index (χ2v) is 2.96. The van der Waals surface area contributed by atoms with Gasteiger partial charge in [0.2, 0.25) is 0 Å². The summed E-state index contributed by atoms with van der Waals surface area (Å²) in [4.78, 5) is 13.9. The number of nitrogens with zero attached hydrogens (tertiary/aromatic N) is 1. The van der Waals surface area contributed by atoms with Crippen LogP contribution in [0.4, 0.5) is 0 Å². The second kappa shape index (κ2) is 3.53. The number of ether oxygens (including phenoxy) is 1. The first-order chi connectivity index (χ1) is 7.24. The van der Waals surface area contributed by atoms with Crippen molar-refractivity contribution in [2.75, 3.05) is 7.11 Å². The van der Waals surface area contributed by atoms with Crippen LogP contribution in [0.25, 0.3) is 5.69 Å². The van der Waals surface area contributed by atoms with Gasteiger partial charge in [-0.25, -0.2) is 9.36 Å². The van der Waals surface area contributed by atoms with Gasteiger partial charge in [0.1, 0.15) is 0 Å². The Kier molecular flexibility index (Phi) is 2.21. The van der Waals surface area contributed by atoms with Gasteiger partial charge in [0.05, 0.1) is 12.8 Å². The summed E-state index contributed by atoms with van der Waals surface area (Å²) in [5, 5.41) is 9.67. The van der Waals surface area contributed by atoms with Crippen molar-refractivity contribution in [3.63, 3.8) is 0 Å². The number of methoxy groups -OCH3 is 1. The Morgan fingerprint density at radius 3 is 2.53 bits per heavy atom. The summed E-state index contributed by atoms with van der Waals surface area (Å²) < 4.78 is 5.94. The zero-order valence-corrected chi connectivity index (χ0v) is 8.10. The van der Waals surface area contributed by atoms with Crippen LogP contribution in [0.2, 0.25) is 0 Å². The number of aromatic hydroxyl groups is 1. The molecule has 0 amide bonds. The zero-order valence-electron chi connectivity index (χ0n) is 8.10. The first-order valence-corrected chi connectivity index (χ1v) is 4.37. The molecule has 0 unspecified atom stereocenters. The highest BCUT2D eigenvalue weighted by Crippen LogP contribution is 2.23. The van der Waals surface area contributed by atoms with Crippen molar-refractivity contribution < 1.29 is 9.84 Å². The molecule has 5 nitrogen and oxygen atoms in total. The quantitative estimate of drug-likeness (QED) is 0.766. The van der Waals surface area contributed by atoms with E-state index in [1.807, 2.05) is 6.07 Å². The van der Waals surface area contributed by atoms with Gasteiger partial charge in [-0.3, -0.25) is 4.98 Å². The number of aromatic amines is 1. The Labute approximate surface area is 85.6 Å². The maximum absolute atomic E-state index is 11.5. The molecule has 1 aromatic carbocycles. The number of aromatic nitrogens is 2. The maximum Gasteiger partial charge on any atom is 0.335 e. The lowest BCUT2D eigenvalue weighted by molar-refractivity contribution is 0.354. The molecule has 0 radical (unpaired) electrons. The lowest BCUT2D eigenvalue weighted by Gasteiger charge is -2.01. The van der Waals surface area contributed by atoms with Crippen LogP contribution in [0.1, 0.15) is 0 Å². The fourth-order valence-corrected chi connectivity index (χ4v) is 1.37. The Balaban J connectivity index is 2.64. The van der Waals surface area contributed by atoms with E-state index in [0.29, 0.717) is 5.69 Å². The molecule has 78 valence electrons. The number of nitrogens with one attached hydrogen (secondary N) is 1. The third-order valence-electron chi connectivity index (χ3n) is 2.06. The molecule has 1 aromatic heterocycles. The van der Waals surface area contributed by atoms with Crippen LogP contribution in [-0.2, 0) is 0 Å². The Hall–Kier alpha value is -2.17. The standard InChI is InChI=1S/C10H10N2O3/c1-15-8-9(13)12(10(14)11-8)7-5-3-2-4-6-7/h2-6,13H,1H3,(H,11,14). The Bertz CT molecular complexity index is 513. The fourth-order valence-electron chi connectivity index (χ4n) is 1.37. The van der Waals surface area contributed by atoms with E-state index < -0.39 is 5.69 Å². The van der Waals surface area contributed by atoms with Crippen LogP contribution in [-0.4, -0.2) is 21.8 Å². The molecule has 5 heteroatoms. The highest BCUT2D eigenvalue weighted by molar-refractivity contribution is 5.39. The molecular formula is C10H10N2O3. The minimum Gasteiger partial charge on any atom is -0.490 e. The number of rotatable bonds is 2. The molecule has 0 bridgehead atoms. The molecule has 2 aromatic rings. The lowest BCUT2D eigenvalue weighted by Crippen LogP contribution is -2.14. The maximum atomic E-state index is 11.5. The molecule has 1 heterocycles. The molecule has 0 aliphatic heterocycles. The van der Waals surface area contributed by atoms with Gasteiger partial charge in [-0.2, -0.15) is 0 Å². The smallest absolute Gasteiger partial charge is 0.335 e. The number of hydrogen-bond donors (Lipinski definition) is 2. The van der Waals surface area contributed by atoms with Crippen molar-refractivity contribution in [2.24, 2.45) is 0 Å². The van der Waals surface area contributed by atoms with E-state index in [9.17, 15) is 9.90 Å². The van der Waals surface area contributed by atoms with Crippen molar-refractivity contribution >= 4 is 0 Å². The summed E-state index contributed by atoms with van der Waals surface area (Å²) in [6.45, 7) is 0. The van der Waals surface area contributed by atoms with Crippen molar-refractivity contribution in [3.05, 3.63) is 40.8 Å². The van der Waals surface area contributed by atoms with E-state index in [-0.39, 0.29) is 11.8 Å². The molecule has 0 saturated heterocycles. The summed E-state index contributed by atoms with van der Waals surface area (Å²) in [6, 6.07) is 8.82. The molecule has 2 N–H and O–H groups in total. The predicted octanol–water partition coefficient (Wildman–Crippen LogP) is 0.880. The van der Waals surface area contributed by atoms with Gasteiger partial charge >= 0.3 is 5.69 Å². The number of hydrogen-bond acceptors (Lipinski definition) is 3. The molecule has 0 fully saturated rings. The molecular weight excluding hydrogens is 196 g/mol. The van der Waals surface area contributed by atoms with Crippen LogP contribution in [0.5, 0.6) is 11.8 Å². The zero-order chi connectivity index (χ0) is 10.8. The van der Waals surface area contributed by atoms with Crippen LogP contribution in [0, 0.1) is 0 Å². The van der Waals surface area contributed by atoms with Crippen LogP contribution >= 0.6 is 0 Å². The molecule has 0 aliphatic rings. The highest BCUT2D eigenvalue weighted by Gasteiger charge is 2.14. The minimum absolute atomic E-state index is 0.0591. The third-order valence-corrected chi connectivity index (χ3v) is 2.06. The highest BCUT2D eigenvalue weighted by atomic mass is 16.5. The number of para-hydroxylation sites is 1. The van der Waals surface area contributed by atoms with Crippen molar-refractivity contribution in [3.8, 4) is 17.4 Å². The molecule has 0 spiro atoms. The van der Waals surface area contributed by atoms with Crippen molar-refractivity contribution in [1.29, 1.82) is 0 Å². The van der Waals surface area contributed by atoms with Gasteiger partial charge in [-0.1, -0.05) is 18.2 Å². The molecule has 2 rings (SSSR count). The normalized spacial score (nSPS) is 10.2. The van der Waals surface area contributed by atoms with Gasteiger partial charge in [0.25, 0.3) is 11.8 Å². The number of benzene rings is 1. The monoisotopic (exact) mass is 206 g/mol. The average molecular weight is 206 g/mol. The summed E-state index contributed by atoms with van der Waals surface area (Å²) in [5.74, 6) is -0.169. The summed E-state index contributed by atoms with van der Waals surface area (Å²) in [5.41, 5.74) is 0.148. The largest absolute Gasteiger partial charge is 0.490 e. The van der Waals surface area contributed by atoms with Crippen LogP contribution < -0.4 is 10.4 Å².